The predicted octanol–water partition coefficient (Wildman–Crippen LogP) is 1.84. The first-order chi connectivity index (χ1) is 13.1. The molecule has 4 rings (SSSR count). The molecule has 0 aliphatic carbocycles. The molecule has 1 amide bonds. The molecule has 1 saturated heterocycles. The van der Waals surface area contributed by atoms with Gasteiger partial charge >= 0.3 is 6.09 Å². The van der Waals surface area contributed by atoms with Crippen LogP contribution in [0.3, 0.4) is 0 Å². The summed E-state index contributed by atoms with van der Waals surface area (Å²) >= 11 is 1.38. The minimum atomic E-state index is -0.438. The summed E-state index contributed by atoms with van der Waals surface area (Å²) in [5.41, 5.74) is 0.222. The summed E-state index contributed by atoms with van der Waals surface area (Å²) in [5.74, 6) is 0.917. The first kappa shape index (κ1) is 17.3. The lowest BCUT2D eigenvalue weighted by Crippen LogP contribution is -2.26. The first-order valence-electron chi connectivity index (χ1n) is 8.19. The molecule has 3 aromatic rings. The molecule has 0 spiro atoms. The van der Waals surface area contributed by atoms with Crippen molar-refractivity contribution in [2.75, 3.05) is 24.3 Å². The van der Waals surface area contributed by atoms with Gasteiger partial charge in [0.15, 0.2) is 16.6 Å². The van der Waals surface area contributed by atoms with E-state index < -0.39 is 6.09 Å². The lowest BCUT2D eigenvalue weighted by atomic mass is 10.4. The second kappa shape index (κ2) is 6.88. The van der Waals surface area contributed by atoms with Gasteiger partial charge in [0.25, 0.3) is 5.56 Å². The van der Waals surface area contributed by atoms with Gasteiger partial charge in [0, 0.05) is 6.20 Å². The molecule has 1 aliphatic rings. The fourth-order valence-corrected chi connectivity index (χ4v) is 3.25. The number of ether oxygens (including phenoxy) is 1. The third kappa shape index (κ3) is 2.87. The largest absolute Gasteiger partial charge is 0.447 e. The van der Waals surface area contributed by atoms with E-state index >= 15 is 0 Å². The van der Waals surface area contributed by atoms with Gasteiger partial charge < -0.3 is 4.74 Å². The molecule has 3 aromatic heterocycles. The number of aromatic nitrogens is 5. The zero-order chi connectivity index (χ0) is 19.0. The molecule has 4 heterocycles. The number of cyclic esters (lactones) is 1. The molecular weight excluding hydrogens is 368 g/mol. The van der Waals surface area contributed by atoms with E-state index in [1.165, 1.54) is 27.5 Å². The standard InChI is InChI=1S/C17H16N6O3S/c1-3-7-22-15(24)11-10-18-16(27-2)20-14(11)23(22)13-6-4-5-12(19-13)21-8-9-26-17(21)25/h3-6,10H,1,7-9H2,2H3. The van der Waals surface area contributed by atoms with Gasteiger partial charge in [-0.05, 0) is 18.4 Å². The highest BCUT2D eigenvalue weighted by Gasteiger charge is 2.25. The Labute approximate surface area is 158 Å². The lowest BCUT2D eigenvalue weighted by Gasteiger charge is -2.15. The smallest absolute Gasteiger partial charge is 0.415 e. The van der Waals surface area contributed by atoms with E-state index in [1.807, 2.05) is 6.26 Å². The normalized spacial score (nSPS) is 14.0. The van der Waals surface area contributed by atoms with Crippen molar-refractivity contribution in [3.05, 3.63) is 47.4 Å². The summed E-state index contributed by atoms with van der Waals surface area (Å²) in [6.45, 7) is 4.76. The second-order valence-corrected chi connectivity index (χ2v) is 6.48. The molecule has 0 N–H and O–H groups in total. The Morgan fingerprint density at radius 2 is 2.11 bits per heavy atom. The van der Waals surface area contributed by atoms with Crippen LogP contribution in [0.5, 0.6) is 0 Å². The van der Waals surface area contributed by atoms with Gasteiger partial charge in [-0.25, -0.2) is 29.1 Å². The maximum Gasteiger partial charge on any atom is 0.415 e. The van der Waals surface area contributed by atoms with Crippen LogP contribution < -0.4 is 10.5 Å². The van der Waals surface area contributed by atoms with Crippen molar-refractivity contribution in [1.82, 2.24) is 24.3 Å². The minimum absolute atomic E-state index is 0.231. The first-order valence-corrected chi connectivity index (χ1v) is 9.41. The quantitative estimate of drug-likeness (QED) is 0.376. The molecule has 10 heteroatoms. The van der Waals surface area contributed by atoms with Gasteiger partial charge in [0.1, 0.15) is 17.8 Å². The van der Waals surface area contributed by atoms with Crippen molar-refractivity contribution in [3.63, 3.8) is 0 Å². The van der Waals surface area contributed by atoms with Crippen LogP contribution in [-0.4, -0.2) is 49.8 Å². The van der Waals surface area contributed by atoms with Gasteiger partial charge in [0.05, 0.1) is 13.1 Å². The topological polar surface area (TPSA) is 95.1 Å². The van der Waals surface area contributed by atoms with Crippen molar-refractivity contribution in [1.29, 1.82) is 0 Å². The maximum absolute atomic E-state index is 12.8. The Kier molecular flexibility index (Phi) is 4.40. The summed E-state index contributed by atoms with van der Waals surface area (Å²) in [6.07, 6.45) is 4.57. The number of fused-ring (bicyclic) bond motifs is 1. The van der Waals surface area contributed by atoms with Gasteiger partial charge in [-0.15, -0.1) is 6.58 Å². The molecule has 9 nitrogen and oxygen atoms in total. The average molecular weight is 384 g/mol. The van der Waals surface area contributed by atoms with Gasteiger partial charge in [-0.3, -0.25) is 9.69 Å². The zero-order valence-electron chi connectivity index (χ0n) is 14.5. The minimum Gasteiger partial charge on any atom is -0.447 e. The summed E-state index contributed by atoms with van der Waals surface area (Å²) in [6, 6.07) is 5.25. The summed E-state index contributed by atoms with van der Waals surface area (Å²) < 4.78 is 8.10. The van der Waals surface area contributed by atoms with Crippen molar-refractivity contribution in [3.8, 4) is 5.82 Å². The number of nitrogens with zero attached hydrogens (tertiary/aromatic N) is 6. The van der Waals surface area contributed by atoms with Crippen LogP contribution in [0.25, 0.3) is 16.9 Å². The Hall–Kier alpha value is -3.14. The highest BCUT2D eigenvalue weighted by molar-refractivity contribution is 7.98. The Balaban J connectivity index is 1.95. The zero-order valence-corrected chi connectivity index (χ0v) is 15.3. The highest BCUT2D eigenvalue weighted by Crippen LogP contribution is 2.21. The Morgan fingerprint density at radius 3 is 2.81 bits per heavy atom. The average Bonchev–Trinajstić information content (AvgIpc) is 3.23. The van der Waals surface area contributed by atoms with Gasteiger partial charge in [0.2, 0.25) is 0 Å². The lowest BCUT2D eigenvalue weighted by molar-refractivity contribution is 0.181. The third-order valence-corrected chi connectivity index (χ3v) is 4.67. The molecular formula is C17H16N6O3S. The molecule has 0 aromatic carbocycles. The molecule has 0 radical (unpaired) electrons. The molecule has 0 atom stereocenters. The number of carbonyl (C=O) groups excluding carboxylic acids is 1. The van der Waals surface area contributed by atoms with Crippen LogP contribution in [0.2, 0.25) is 0 Å². The molecule has 27 heavy (non-hydrogen) atoms. The monoisotopic (exact) mass is 384 g/mol. The van der Waals surface area contributed by atoms with Gasteiger partial charge in [-0.1, -0.05) is 23.9 Å². The van der Waals surface area contributed by atoms with Gasteiger partial charge in [-0.2, -0.15) is 0 Å². The molecule has 1 fully saturated rings. The Morgan fingerprint density at radius 1 is 1.30 bits per heavy atom. The summed E-state index contributed by atoms with van der Waals surface area (Å²) in [5, 5.41) is 0.939. The molecule has 0 bridgehead atoms. The number of hydrogen-bond acceptors (Lipinski definition) is 7. The van der Waals surface area contributed by atoms with Crippen molar-refractivity contribution in [2.24, 2.45) is 0 Å². The van der Waals surface area contributed by atoms with Crippen molar-refractivity contribution >= 4 is 34.7 Å². The number of carbonyl (C=O) groups is 1. The molecule has 0 saturated carbocycles. The third-order valence-electron chi connectivity index (χ3n) is 4.11. The van der Waals surface area contributed by atoms with Crippen LogP contribution in [0.15, 0.2) is 47.0 Å². The van der Waals surface area contributed by atoms with E-state index in [9.17, 15) is 9.59 Å². The summed E-state index contributed by atoms with van der Waals surface area (Å²) in [7, 11) is 0. The number of amides is 1. The fourth-order valence-electron chi connectivity index (χ4n) is 2.91. The number of thioether (sulfide) groups is 1. The number of hydrogen-bond donors (Lipinski definition) is 0. The fraction of sp³-hybridized carbons (Fsp3) is 0.235. The van der Waals surface area contributed by atoms with Crippen LogP contribution in [0.4, 0.5) is 10.6 Å². The molecule has 0 unspecified atom stereocenters. The van der Waals surface area contributed by atoms with Crippen LogP contribution in [-0.2, 0) is 11.3 Å². The number of anilines is 1. The van der Waals surface area contributed by atoms with E-state index in [0.29, 0.717) is 41.0 Å². The van der Waals surface area contributed by atoms with E-state index in [0.717, 1.165) is 0 Å². The SMILES string of the molecule is C=CCn1c(=O)c2cnc(SC)nc2n1-c1cccc(N2CCOC2=O)n1. The number of rotatable bonds is 5. The van der Waals surface area contributed by atoms with Crippen molar-refractivity contribution in [2.45, 2.75) is 11.7 Å². The van der Waals surface area contributed by atoms with Crippen molar-refractivity contribution < 1.29 is 9.53 Å². The van der Waals surface area contributed by atoms with E-state index in [2.05, 4.69) is 21.5 Å². The van der Waals surface area contributed by atoms with E-state index in [-0.39, 0.29) is 12.1 Å². The van der Waals surface area contributed by atoms with Crippen LogP contribution >= 0.6 is 11.8 Å². The Bertz CT molecular complexity index is 1110. The predicted molar refractivity (Wildman–Crippen MR) is 102 cm³/mol. The van der Waals surface area contributed by atoms with Crippen LogP contribution in [0, 0.1) is 0 Å². The number of allylic oxidation sites excluding steroid dienone is 1. The maximum atomic E-state index is 12.8. The number of pyridine rings is 1. The summed E-state index contributed by atoms with van der Waals surface area (Å²) in [4.78, 5) is 39.4. The van der Waals surface area contributed by atoms with E-state index in [1.54, 1.807) is 29.0 Å². The second-order valence-electron chi connectivity index (χ2n) is 5.70. The molecule has 1 aliphatic heterocycles. The highest BCUT2D eigenvalue weighted by atomic mass is 32.2. The molecule has 138 valence electrons. The van der Waals surface area contributed by atoms with E-state index in [4.69, 9.17) is 4.74 Å². The van der Waals surface area contributed by atoms with Crippen LogP contribution in [0.1, 0.15) is 0 Å².